The lowest BCUT2D eigenvalue weighted by Crippen LogP contribution is -2.34. The van der Waals surface area contributed by atoms with Crippen molar-refractivity contribution in [3.05, 3.63) is 69.7 Å². The lowest BCUT2D eigenvalue weighted by Gasteiger charge is -2.09. The molecular formula is C19H18N4O3S. The van der Waals surface area contributed by atoms with Crippen molar-refractivity contribution in [1.29, 1.82) is 0 Å². The SMILES string of the molecule is O=C(CCn1c(=S)[nH]c2ccccc2c1=O)NCC(=O)Nc1ccccc1. The molecule has 0 aliphatic heterocycles. The van der Waals surface area contributed by atoms with Crippen molar-refractivity contribution in [3.63, 3.8) is 0 Å². The lowest BCUT2D eigenvalue weighted by atomic mass is 10.2. The second-order valence-electron chi connectivity index (χ2n) is 5.87. The third kappa shape index (κ3) is 4.68. The standard InChI is InChI=1S/C19H18N4O3S/c24-16(20-12-17(25)21-13-6-2-1-3-7-13)10-11-23-18(26)14-8-4-5-9-15(14)22-19(23)27/h1-9H,10-12H2,(H,20,24)(H,21,25)(H,22,27). The Morgan fingerprint density at radius 2 is 1.70 bits per heavy atom. The van der Waals surface area contributed by atoms with Crippen molar-refractivity contribution < 1.29 is 9.59 Å². The first-order valence-corrected chi connectivity index (χ1v) is 8.79. The number of nitrogens with zero attached hydrogens (tertiary/aromatic N) is 1. The third-order valence-electron chi connectivity index (χ3n) is 3.96. The maximum Gasteiger partial charge on any atom is 0.262 e. The number of hydrogen-bond donors (Lipinski definition) is 3. The summed E-state index contributed by atoms with van der Waals surface area (Å²) in [6.45, 7) is -0.0155. The van der Waals surface area contributed by atoms with Gasteiger partial charge in [0.25, 0.3) is 5.56 Å². The fraction of sp³-hybridized carbons (Fsp3) is 0.158. The number of para-hydroxylation sites is 2. The topological polar surface area (TPSA) is 96.0 Å². The number of hydrogen-bond acceptors (Lipinski definition) is 4. The molecule has 138 valence electrons. The molecule has 1 heterocycles. The Morgan fingerprint density at radius 1 is 1.00 bits per heavy atom. The lowest BCUT2D eigenvalue weighted by molar-refractivity contribution is -0.124. The van der Waals surface area contributed by atoms with E-state index in [2.05, 4.69) is 15.6 Å². The van der Waals surface area contributed by atoms with Crippen molar-refractivity contribution in [1.82, 2.24) is 14.9 Å². The van der Waals surface area contributed by atoms with Gasteiger partial charge in [-0.2, -0.15) is 0 Å². The first-order valence-electron chi connectivity index (χ1n) is 8.38. The highest BCUT2D eigenvalue weighted by molar-refractivity contribution is 7.71. The predicted molar refractivity (Wildman–Crippen MR) is 106 cm³/mol. The number of aromatic nitrogens is 2. The Hall–Kier alpha value is -3.26. The molecule has 0 atom stereocenters. The highest BCUT2D eigenvalue weighted by Gasteiger charge is 2.09. The van der Waals surface area contributed by atoms with E-state index < -0.39 is 0 Å². The molecule has 8 heteroatoms. The van der Waals surface area contributed by atoms with Crippen LogP contribution < -0.4 is 16.2 Å². The summed E-state index contributed by atoms with van der Waals surface area (Å²) in [5.41, 5.74) is 1.07. The maximum atomic E-state index is 12.5. The Morgan fingerprint density at radius 3 is 2.48 bits per heavy atom. The van der Waals surface area contributed by atoms with E-state index >= 15 is 0 Å². The van der Waals surface area contributed by atoms with Crippen LogP contribution in [0, 0.1) is 4.77 Å². The second-order valence-corrected chi connectivity index (χ2v) is 6.26. The Bertz CT molecular complexity index is 1090. The van der Waals surface area contributed by atoms with E-state index in [4.69, 9.17) is 12.2 Å². The zero-order valence-corrected chi connectivity index (χ0v) is 15.2. The van der Waals surface area contributed by atoms with Crippen molar-refractivity contribution in [2.75, 3.05) is 11.9 Å². The van der Waals surface area contributed by atoms with E-state index in [9.17, 15) is 14.4 Å². The Labute approximate surface area is 160 Å². The number of rotatable bonds is 6. The normalized spacial score (nSPS) is 10.5. The van der Waals surface area contributed by atoms with E-state index in [-0.39, 0.29) is 41.7 Å². The third-order valence-corrected chi connectivity index (χ3v) is 4.28. The quantitative estimate of drug-likeness (QED) is 0.570. The van der Waals surface area contributed by atoms with Crippen LogP contribution in [-0.4, -0.2) is 27.9 Å². The van der Waals surface area contributed by atoms with Crippen LogP contribution in [-0.2, 0) is 16.1 Å². The molecule has 0 aliphatic rings. The van der Waals surface area contributed by atoms with Gasteiger partial charge < -0.3 is 15.6 Å². The van der Waals surface area contributed by atoms with Gasteiger partial charge in [-0.15, -0.1) is 0 Å². The molecule has 0 saturated carbocycles. The summed E-state index contributed by atoms with van der Waals surface area (Å²) in [4.78, 5) is 39.3. The van der Waals surface area contributed by atoms with Crippen molar-refractivity contribution in [2.24, 2.45) is 0 Å². The van der Waals surface area contributed by atoms with Gasteiger partial charge in [0.15, 0.2) is 4.77 Å². The first-order chi connectivity index (χ1) is 13.0. The molecular weight excluding hydrogens is 364 g/mol. The average Bonchev–Trinajstić information content (AvgIpc) is 2.67. The smallest absolute Gasteiger partial charge is 0.262 e. The fourth-order valence-electron chi connectivity index (χ4n) is 2.61. The van der Waals surface area contributed by atoms with E-state index in [1.165, 1.54) is 4.57 Å². The number of amides is 2. The molecule has 0 aliphatic carbocycles. The predicted octanol–water partition coefficient (Wildman–Crippen LogP) is 2.20. The summed E-state index contributed by atoms with van der Waals surface area (Å²) in [5.74, 6) is -0.664. The highest BCUT2D eigenvalue weighted by atomic mass is 32.1. The van der Waals surface area contributed by atoms with E-state index in [0.717, 1.165) is 0 Å². The van der Waals surface area contributed by atoms with Crippen LogP contribution in [0.4, 0.5) is 5.69 Å². The van der Waals surface area contributed by atoms with Gasteiger partial charge in [-0.25, -0.2) is 0 Å². The largest absolute Gasteiger partial charge is 0.347 e. The first kappa shape index (κ1) is 18.5. The number of carbonyl (C=O) groups excluding carboxylic acids is 2. The minimum atomic E-state index is -0.340. The molecule has 2 amide bonds. The highest BCUT2D eigenvalue weighted by Crippen LogP contribution is 2.06. The zero-order valence-electron chi connectivity index (χ0n) is 14.4. The van der Waals surface area contributed by atoms with Gasteiger partial charge in [-0.05, 0) is 36.5 Å². The number of benzene rings is 2. The summed E-state index contributed by atoms with van der Waals surface area (Å²) < 4.78 is 1.61. The molecule has 0 unspecified atom stereocenters. The Kier molecular flexibility index (Phi) is 5.77. The maximum absolute atomic E-state index is 12.5. The summed E-state index contributed by atoms with van der Waals surface area (Å²) >= 11 is 5.21. The molecule has 0 spiro atoms. The van der Waals surface area contributed by atoms with Crippen molar-refractivity contribution >= 4 is 40.6 Å². The summed E-state index contributed by atoms with van der Waals surface area (Å²) in [6, 6.07) is 16.0. The number of anilines is 1. The summed E-state index contributed by atoms with van der Waals surface area (Å²) in [5, 5.41) is 5.73. The number of carbonyl (C=O) groups is 2. The van der Waals surface area contributed by atoms with Gasteiger partial charge >= 0.3 is 0 Å². The van der Waals surface area contributed by atoms with Gasteiger partial charge in [-0.1, -0.05) is 30.3 Å². The van der Waals surface area contributed by atoms with E-state index in [1.807, 2.05) is 12.1 Å². The van der Waals surface area contributed by atoms with Crippen LogP contribution in [0.2, 0.25) is 0 Å². The minimum absolute atomic E-state index is 0.0361. The van der Waals surface area contributed by atoms with Gasteiger partial charge in [-0.3, -0.25) is 19.0 Å². The summed E-state index contributed by atoms with van der Waals surface area (Å²) in [6.07, 6.45) is 0.0361. The number of fused-ring (bicyclic) bond motifs is 1. The average molecular weight is 382 g/mol. The van der Waals surface area contributed by atoms with Crippen LogP contribution in [0.3, 0.4) is 0 Å². The molecule has 7 nitrogen and oxygen atoms in total. The molecule has 0 saturated heterocycles. The monoisotopic (exact) mass is 382 g/mol. The molecule has 0 bridgehead atoms. The van der Waals surface area contributed by atoms with E-state index in [0.29, 0.717) is 16.6 Å². The minimum Gasteiger partial charge on any atom is -0.347 e. The zero-order chi connectivity index (χ0) is 19.2. The molecule has 0 radical (unpaired) electrons. The molecule has 0 fully saturated rings. The molecule has 3 N–H and O–H groups in total. The molecule has 3 rings (SSSR count). The molecule has 2 aromatic carbocycles. The molecule has 3 aromatic rings. The number of nitrogens with one attached hydrogen (secondary N) is 3. The number of H-pyrrole nitrogens is 1. The van der Waals surface area contributed by atoms with Crippen LogP contribution in [0.25, 0.3) is 10.9 Å². The van der Waals surface area contributed by atoms with Crippen LogP contribution >= 0.6 is 12.2 Å². The van der Waals surface area contributed by atoms with Gasteiger partial charge in [0.1, 0.15) is 0 Å². The van der Waals surface area contributed by atoms with Gasteiger partial charge in [0, 0.05) is 18.7 Å². The summed E-state index contributed by atoms with van der Waals surface area (Å²) in [7, 11) is 0. The number of aromatic amines is 1. The van der Waals surface area contributed by atoms with Gasteiger partial charge in [0.05, 0.1) is 17.4 Å². The van der Waals surface area contributed by atoms with E-state index in [1.54, 1.807) is 42.5 Å². The van der Waals surface area contributed by atoms with Crippen LogP contribution in [0.5, 0.6) is 0 Å². The van der Waals surface area contributed by atoms with Crippen molar-refractivity contribution in [2.45, 2.75) is 13.0 Å². The molecule has 1 aromatic heterocycles. The van der Waals surface area contributed by atoms with Gasteiger partial charge in [0.2, 0.25) is 11.8 Å². The van der Waals surface area contributed by atoms with Crippen molar-refractivity contribution in [3.8, 4) is 0 Å². The Balaban J connectivity index is 1.56. The van der Waals surface area contributed by atoms with Crippen LogP contribution in [0.15, 0.2) is 59.4 Å². The second kappa shape index (κ2) is 8.41. The fourth-order valence-corrected chi connectivity index (χ4v) is 2.89. The van der Waals surface area contributed by atoms with Crippen LogP contribution in [0.1, 0.15) is 6.42 Å². The molecule has 27 heavy (non-hydrogen) atoms.